The molecular formula is C24H25N3O2. The second-order valence-corrected chi connectivity index (χ2v) is 8.38. The standard InChI is InChI=1S/C24H25N3O2/c25-22-26-12-6-21(27-22)19-16-23(10-13-29-14-11-23)20-4-3-17(15-18(19)20)5-9-24(28)7-1-2-8-24/h3-4,6,12,15-16,28H,1-2,7-8,10-11,13-14H2,(H2,25,26,27). The molecule has 5 heteroatoms. The van der Waals surface area contributed by atoms with Gasteiger partial charge in [0, 0.05) is 36.0 Å². The number of nitrogen functional groups attached to an aromatic ring is 1. The van der Waals surface area contributed by atoms with Crippen LogP contribution in [0.1, 0.15) is 60.9 Å². The number of anilines is 1. The van der Waals surface area contributed by atoms with Crippen molar-refractivity contribution in [2.75, 3.05) is 18.9 Å². The van der Waals surface area contributed by atoms with Crippen molar-refractivity contribution in [3.05, 3.63) is 58.9 Å². The number of nitrogens with zero attached hydrogens (tertiary/aromatic N) is 2. The Balaban J connectivity index is 1.59. The highest BCUT2D eigenvalue weighted by Crippen LogP contribution is 2.48. The van der Waals surface area contributed by atoms with Gasteiger partial charge < -0.3 is 15.6 Å². The van der Waals surface area contributed by atoms with Crippen molar-refractivity contribution in [3.8, 4) is 11.8 Å². The number of allylic oxidation sites excluding steroid dienone is 1. The first-order chi connectivity index (χ1) is 14.1. The summed E-state index contributed by atoms with van der Waals surface area (Å²) in [6.45, 7) is 1.51. The third kappa shape index (κ3) is 3.33. The number of aliphatic hydroxyl groups is 1. The molecule has 0 unspecified atom stereocenters. The lowest BCUT2D eigenvalue weighted by Gasteiger charge is -2.33. The van der Waals surface area contributed by atoms with Gasteiger partial charge in [-0.3, -0.25) is 0 Å². The molecule has 1 spiro atoms. The molecular weight excluding hydrogens is 362 g/mol. The van der Waals surface area contributed by atoms with Gasteiger partial charge in [-0.25, -0.2) is 9.97 Å². The highest BCUT2D eigenvalue weighted by atomic mass is 16.5. The Morgan fingerprint density at radius 3 is 2.62 bits per heavy atom. The normalized spacial score (nSPS) is 21.3. The molecule has 148 valence electrons. The zero-order valence-corrected chi connectivity index (χ0v) is 16.4. The van der Waals surface area contributed by atoms with Crippen LogP contribution in [0.3, 0.4) is 0 Å². The summed E-state index contributed by atoms with van der Waals surface area (Å²) < 4.78 is 5.64. The summed E-state index contributed by atoms with van der Waals surface area (Å²) in [7, 11) is 0. The number of aromatic nitrogens is 2. The molecule has 3 aliphatic rings. The third-order valence-electron chi connectivity index (χ3n) is 6.47. The van der Waals surface area contributed by atoms with E-state index in [1.807, 2.05) is 6.07 Å². The number of hydrogen-bond donors (Lipinski definition) is 2. The molecule has 2 aromatic rings. The Morgan fingerprint density at radius 2 is 1.86 bits per heavy atom. The van der Waals surface area contributed by atoms with Crippen LogP contribution >= 0.6 is 0 Å². The number of nitrogens with two attached hydrogens (primary N) is 1. The topological polar surface area (TPSA) is 81.3 Å². The maximum Gasteiger partial charge on any atom is 0.220 e. The Morgan fingerprint density at radius 1 is 1.07 bits per heavy atom. The minimum atomic E-state index is -0.833. The van der Waals surface area contributed by atoms with E-state index in [-0.39, 0.29) is 11.4 Å². The van der Waals surface area contributed by atoms with Gasteiger partial charge in [-0.05, 0) is 67.9 Å². The number of rotatable bonds is 1. The van der Waals surface area contributed by atoms with E-state index in [2.05, 4.69) is 46.1 Å². The molecule has 0 atom stereocenters. The SMILES string of the molecule is Nc1nccc(C2=CC3(CCOCC3)c3ccc(C#CC4(O)CCCC4)cc32)n1. The summed E-state index contributed by atoms with van der Waals surface area (Å²) in [5.41, 5.74) is 10.3. The van der Waals surface area contributed by atoms with Crippen LogP contribution in [0, 0.1) is 11.8 Å². The lowest BCUT2D eigenvalue weighted by atomic mass is 9.76. The number of benzene rings is 1. The minimum absolute atomic E-state index is 0.0295. The third-order valence-corrected chi connectivity index (χ3v) is 6.47. The monoisotopic (exact) mass is 387 g/mol. The van der Waals surface area contributed by atoms with Crippen molar-refractivity contribution < 1.29 is 9.84 Å². The number of fused-ring (bicyclic) bond motifs is 2. The van der Waals surface area contributed by atoms with E-state index in [1.165, 1.54) is 5.56 Å². The first-order valence-corrected chi connectivity index (χ1v) is 10.4. The van der Waals surface area contributed by atoms with Crippen molar-refractivity contribution in [3.63, 3.8) is 0 Å². The lowest BCUT2D eigenvalue weighted by molar-refractivity contribution is 0.0662. The van der Waals surface area contributed by atoms with Gasteiger partial charge in [-0.1, -0.05) is 24.0 Å². The molecule has 1 saturated heterocycles. The fourth-order valence-corrected chi connectivity index (χ4v) is 4.87. The van der Waals surface area contributed by atoms with Crippen molar-refractivity contribution in [2.45, 2.75) is 49.5 Å². The van der Waals surface area contributed by atoms with Gasteiger partial charge in [0.15, 0.2) is 0 Å². The molecule has 5 nitrogen and oxygen atoms in total. The van der Waals surface area contributed by atoms with Gasteiger partial charge in [0.05, 0.1) is 5.69 Å². The van der Waals surface area contributed by atoms with E-state index in [0.717, 1.165) is 74.1 Å². The molecule has 3 N–H and O–H groups in total. The molecule has 5 rings (SSSR count). The predicted octanol–water partition coefficient (Wildman–Crippen LogP) is 3.21. The summed E-state index contributed by atoms with van der Waals surface area (Å²) in [5, 5.41) is 10.6. The first kappa shape index (κ1) is 18.4. The Hall–Kier alpha value is -2.68. The molecule has 0 radical (unpaired) electrons. The Labute approximate surface area is 171 Å². The van der Waals surface area contributed by atoms with Crippen LogP contribution in [0.5, 0.6) is 0 Å². The number of hydrogen-bond acceptors (Lipinski definition) is 5. The van der Waals surface area contributed by atoms with Crippen molar-refractivity contribution >= 4 is 11.5 Å². The van der Waals surface area contributed by atoms with Crippen LogP contribution in [0.2, 0.25) is 0 Å². The Kier molecular flexibility index (Phi) is 4.42. The van der Waals surface area contributed by atoms with Gasteiger partial charge in [-0.2, -0.15) is 0 Å². The zero-order valence-electron chi connectivity index (χ0n) is 16.4. The molecule has 2 aliphatic carbocycles. The van der Waals surface area contributed by atoms with Gasteiger partial charge >= 0.3 is 0 Å². The maximum absolute atomic E-state index is 10.6. The highest BCUT2D eigenvalue weighted by Gasteiger charge is 2.40. The van der Waals surface area contributed by atoms with Crippen molar-refractivity contribution in [1.82, 2.24) is 9.97 Å². The molecule has 0 bridgehead atoms. The van der Waals surface area contributed by atoms with Crippen LogP contribution in [0.25, 0.3) is 5.57 Å². The van der Waals surface area contributed by atoms with E-state index < -0.39 is 5.60 Å². The Bertz CT molecular complexity index is 1040. The van der Waals surface area contributed by atoms with E-state index in [1.54, 1.807) is 6.20 Å². The van der Waals surface area contributed by atoms with E-state index in [0.29, 0.717) is 0 Å². The van der Waals surface area contributed by atoms with Gasteiger partial charge in [0.2, 0.25) is 5.95 Å². The predicted molar refractivity (Wildman–Crippen MR) is 112 cm³/mol. The average molecular weight is 387 g/mol. The molecule has 0 amide bonds. The lowest BCUT2D eigenvalue weighted by Crippen LogP contribution is -2.30. The van der Waals surface area contributed by atoms with Crippen LogP contribution < -0.4 is 5.73 Å². The van der Waals surface area contributed by atoms with Crippen LogP contribution in [-0.4, -0.2) is 33.9 Å². The van der Waals surface area contributed by atoms with Crippen LogP contribution in [0.4, 0.5) is 5.95 Å². The summed E-state index contributed by atoms with van der Waals surface area (Å²) in [6, 6.07) is 8.31. The summed E-state index contributed by atoms with van der Waals surface area (Å²) in [6.07, 6.45) is 9.56. The quantitative estimate of drug-likeness (QED) is 0.735. The van der Waals surface area contributed by atoms with Gasteiger partial charge in [0.25, 0.3) is 0 Å². The molecule has 1 saturated carbocycles. The molecule has 2 heterocycles. The molecule has 29 heavy (non-hydrogen) atoms. The molecule has 1 aliphatic heterocycles. The maximum atomic E-state index is 10.6. The fourth-order valence-electron chi connectivity index (χ4n) is 4.87. The largest absolute Gasteiger partial charge is 0.381 e. The fraction of sp³-hybridized carbons (Fsp3) is 0.417. The van der Waals surface area contributed by atoms with E-state index >= 15 is 0 Å². The summed E-state index contributed by atoms with van der Waals surface area (Å²) in [4.78, 5) is 8.51. The second-order valence-electron chi connectivity index (χ2n) is 8.38. The van der Waals surface area contributed by atoms with E-state index in [4.69, 9.17) is 10.5 Å². The highest BCUT2D eigenvalue weighted by molar-refractivity contribution is 5.86. The molecule has 1 aromatic carbocycles. The molecule has 2 fully saturated rings. The van der Waals surface area contributed by atoms with Gasteiger partial charge in [0.1, 0.15) is 5.60 Å². The number of ether oxygens (including phenoxy) is 1. The van der Waals surface area contributed by atoms with Crippen molar-refractivity contribution in [2.24, 2.45) is 0 Å². The zero-order chi connectivity index (χ0) is 19.9. The summed E-state index contributed by atoms with van der Waals surface area (Å²) >= 11 is 0. The van der Waals surface area contributed by atoms with Gasteiger partial charge in [-0.15, -0.1) is 0 Å². The molecule has 1 aromatic heterocycles. The van der Waals surface area contributed by atoms with Crippen LogP contribution in [-0.2, 0) is 10.2 Å². The second kappa shape index (κ2) is 6.98. The summed E-state index contributed by atoms with van der Waals surface area (Å²) in [5.74, 6) is 6.62. The van der Waals surface area contributed by atoms with Crippen molar-refractivity contribution in [1.29, 1.82) is 0 Å². The average Bonchev–Trinajstić information content (AvgIpc) is 3.30. The minimum Gasteiger partial charge on any atom is -0.381 e. The smallest absolute Gasteiger partial charge is 0.220 e. The first-order valence-electron chi connectivity index (χ1n) is 10.4. The van der Waals surface area contributed by atoms with Crippen LogP contribution in [0.15, 0.2) is 36.5 Å². The van der Waals surface area contributed by atoms with E-state index in [9.17, 15) is 5.11 Å².